The number of nitrogens with zero attached hydrogens (tertiary/aromatic N) is 1. The SMILES string of the molecule is CNC1CCN(C(=O)c2cccc(NC(=O)NC(C)C)c2)CC1. The average Bonchev–Trinajstić information content (AvgIpc) is 2.53. The second kappa shape index (κ2) is 7.97. The standard InChI is InChI=1S/C17H26N4O2/c1-12(2)19-17(23)20-15-6-4-5-13(11-15)16(22)21-9-7-14(18-3)8-10-21/h4-6,11-12,14,18H,7-10H2,1-3H3,(H2,19,20,23). The number of hydrogen-bond acceptors (Lipinski definition) is 3. The van der Waals surface area contributed by atoms with Gasteiger partial charge >= 0.3 is 6.03 Å². The number of nitrogens with one attached hydrogen (secondary N) is 3. The molecule has 0 saturated carbocycles. The van der Waals surface area contributed by atoms with Crippen molar-refractivity contribution >= 4 is 17.6 Å². The van der Waals surface area contributed by atoms with Gasteiger partial charge in [-0.3, -0.25) is 4.79 Å². The number of carbonyl (C=O) groups is 2. The first kappa shape index (κ1) is 17.3. The Hall–Kier alpha value is -2.08. The highest BCUT2D eigenvalue weighted by Gasteiger charge is 2.22. The van der Waals surface area contributed by atoms with Crippen LogP contribution in [0, 0.1) is 0 Å². The van der Waals surface area contributed by atoms with Gasteiger partial charge in [-0.25, -0.2) is 4.79 Å². The highest BCUT2D eigenvalue weighted by Crippen LogP contribution is 2.16. The molecule has 3 amide bonds. The smallest absolute Gasteiger partial charge is 0.319 e. The Morgan fingerprint density at radius 3 is 2.52 bits per heavy atom. The molecule has 0 unspecified atom stereocenters. The summed E-state index contributed by atoms with van der Waals surface area (Å²) in [6, 6.07) is 7.38. The molecule has 1 aromatic rings. The van der Waals surface area contributed by atoms with E-state index in [9.17, 15) is 9.59 Å². The monoisotopic (exact) mass is 318 g/mol. The Labute approximate surface area is 137 Å². The van der Waals surface area contributed by atoms with Crippen molar-refractivity contribution in [3.8, 4) is 0 Å². The second-order valence-electron chi connectivity index (χ2n) is 6.19. The third-order valence-electron chi connectivity index (χ3n) is 3.98. The number of benzene rings is 1. The number of urea groups is 1. The Balaban J connectivity index is 1.99. The maximum atomic E-state index is 12.6. The summed E-state index contributed by atoms with van der Waals surface area (Å²) < 4.78 is 0. The third-order valence-corrected chi connectivity index (χ3v) is 3.98. The molecule has 1 fully saturated rings. The molecule has 2 rings (SSSR count). The van der Waals surface area contributed by atoms with E-state index in [1.165, 1.54) is 0 Å². The van der Waals surface area contributed by atoms with Gasteiger partial charge in [-0.05, 0) is 51.9 Å². The molecular formula is C17H26N4O2. The second-order valence-corrected chi connectivity index (χ2v) is 6.19. The fourth-order valence-electron chi connectivity index (χ4n) is 2.71. The van der Waals surface area contributed by atoms with Gasteiger partial charge in [-0.2, -0.15) is 0 Å². The molecular weight excluding hydrogens is 292 g/mol. The summed E-state index contributed by atoms with van der Waals surface area (Å²) in [7, 11) is 1.96. The number of piperidine rings is 1. The van der Waals surface area contributed by atoms with Crippen molar-refractivity contribution in [1.29, 1.82) is 0 Å². The molecule has 1 aliphatic heterocycles. The summed E-state index contributed by atoms with van der Waals surface area (Å²) in [5, 5.41) is 8.78. The average molecular weight is 318 g/mol. The lowest BCUT2D eigenvalue weighted by molar-refractivity contribution is 0.0707. The molecule has 0 spiro atoms. The molecule has 23 heavy (non-hydrogen) atoms. The number of amides is 3. The van der Waals surface area contributed by atoms with Gasteiger partial charge in [0.2, 0.25) is 0 Å². The van der Waals surface area contributed by atoms with E-state index in [1.54, 1.807) is 24.3 Å². The van der Waals surface area contributed by atoms with Crippen LogP contribution in [0.15, 0.2) is 24.3 Å². The van der Waals surface area contributed by atoms with Gasteiger partial charge in [0.1, 0.15) is 0 Å². The number of hydrogen-bond donors (Lipinski definition) is 3. The molecule has 1 aromatic carbocycles. The highest BCUT2D eigenvalue weighted by molar-refractivity contribution is 5.97. The largest absolute Gasteiger partial charge is 0.339 e. The summed E-state index contributed by atoms with van der Waals surface area (Å²) in [6.07, 6.45) is 1.94. The first-order chi connectivity index (χ1) is 11.0. The van der Waals surface area contributed by atoms with Gasteiger partial charge in [0.15, 0.2) is 0 Å². The van der Waals surface area contributed by atoms with E-state index in [0.29, 0.717) is 17.3 Å². The first-order valence-electron chi connectivity index (χ1n) is 8.13. The van der Waals surface area contributed by atoms with Crippen LogP contribution in [-0.2, 0) is 0 Å². The van der Waals surface area contributed by atoms with Crippen LogP contribution in [0.2, 0.25) is 0 Å². The van der Waals surface area contributed by atoms with E-state index in [1.807, 2.05) is 25.8 Å². The van der Waals surface area contributed by atoms with Crippen LogP contribution in [0.1, 0.15) is 37.0 Å². The van der Waals surface area contributed by atoms with E-state index < -0.39 is 0 Å². The molecule has 1 aliphatic rings. The van der Waals surface area contributed by atoms with E-state index >= 15 is 0 Å². The Morgan fingerprint density at radius 2 is 1.91 bits per heavy atom. The molecule has 3 N–H and O–H groups in total. The molecule has 6 nitrogen and oxygen atoms in total. The molecule has 126 valence electrons. The normalized spacial score (nSPS) is 15.6. The van der Waals surface area contributed by atoms with E-state index in [2.05, 4.69) is 16.0 Å². The fourth-order valence-corrected chi connectivity index (χ4v) is 2.71. The van der Waals surface area contributed by atoms with Gasteiger partial charge < -0.3 is 20.9 Å². The van der Waals surface area contributed by atoms with E-state index in [4.69, 9.17) is 0 Å². The van der Waals surface area contributed by atoms with Gasteiger partial charge in [0.25, 0.3) is 5.91 Å². The number of carbonyl (C=O) groups excluding carboxylic acids is 2. The molecule has 0 bridgehead atoms. The Bertz CT molecular complexity index is 551. The molecule has 1 saturated heterocycles. The molecule has 6 heteroatoms. The van der Waals surface area contributed by atoms with Crippen LogP contribution in [-0.4, -0.2) is 49.1 Å². The van der Waals surface area contributed by atoms with Crippen molar-refractivity contribution in [2.24, 2.45) is 0 Å². The summed E-state index contributed by atoms with van der Waals surface area (Å²) in [5.74, 6) is 0.0208. The lowest BCUT2D eigenvalue weighted by Gasteiger charge is -2.32. The zero-order valence-electron chi connectivity index (χ0n) is 14.1. The Morgan fingerprint density at radius 1 is 1.22 bits per heavy atom. The molecule has 1 heterocycles. The van der Waals surface area contributed by atoms with Crippen molar-refractivity contribution in [2.75, 3.05) is 25.5 Å². The van der Waals surface area contributed by atoms with E-state index in [-0.39, 0.29) is 18.0 Å². The van der Waals surface area contributed by atoms with Crippen LogP contribution < -0.4 is 16.0 Å². The first-order valence-corrected chi connectivity index (χ1v) is 8.13. The minimum absolute atomic E-state index is 0.0208. The zero-order valence-corrected chi connectivity index (χ0v) is 14.1. The molecule has 0 atom stereocenters. The van der Waals surface area contributed by atoms with Crippen LogP contribution in [0.5, 0.6) is 0 Å². The lowest BCUT2D eigenvalue weighted by atomic mass is 10.0. The predicted molar refractivity (Wildman–Crippen MR) is 91.7 cm³/mol. The van der Waals surface area contributed by atoms with Gasteiger partial charge in [-0.15, -0.1) is 0 Å². The minimum atomic E-state index is -0.264. The number of rotatable bonds is 4. The quantitative estimate of drug-likeness (QED) is 0.795. The maximum Gasteiger partial charge on any atom is 0.319 e. The van der Waals surface area contributed by atoms with Crippen LogP contribution in [0.25, 0.3) is 0 Å². The maximum absolute atomic E-state index is 12.6. The number of anilines is 1. The lowest BCUT2D eigenvalue weighted by Crippen LogP contribution is -2.44. The predicted octanol–water partition coefficient (Wildman–Crippen LogP) is 2.04. The molecule has 0 aromatic heterocycles. The summed E-state index contributed by atoms with van der Waals surface area (Å²) in [4.78, 5) is 26.2. The van der Waals surface area contributed by atoms with Gasteiger partial charge in [0.05, 0.1) is 0 Å². The highest BCUT2D eigenvalue weighted by atomic mass is 16.2. The molecule has 0 aliphatic carbocycles. The summed E-state index contributed by atoms with van der Waals surface area (Å²) in [5.41, 5.74) is 1.23. The van der Waals surface area contributed by atoms with E-state index in [0.717, 1.165) is 25.9 Å². The van der Waals surface area contributed by atoms with Crippen LogP contribution >= 0.6 is 0 Å². The van der Waals surface area contributed by atoms with Crippen LogP contribution in [0.3, 0.4) is 0 Å². The Kier molecular flexibility index (Phi) is 5.98. The summed E-state index contributed by atoms with van der Waals surface area (Å²) >= 11 is 0. The third kappa shape index (κ3) is 4.96. The van der Waals surface area contributed by atoms with Crippen molar-refractivity contribution in [1.82, 2.24) is 15.5 Å². The van der Waals surface area contributed by atoms with Crippen LogP contribution in [0.4, 0.5) is 10.5 Å². The zero-order chi connectivity index (χ0) is 16.8. The van der Waals surface area contributed by atoms with Crippen molar-refractivity contribution in [3.05, 3.63) is 29.8 Å². The van der Waals surface area contributed by atoms with Crippen molar-refractivity contribution in [2.45, 2.75) is 38.8 Å². The molecule has 0 radical (unpaired) electrons. The number of likely N-dealkylation sites (tertiary alicyclic amines) is 1. The fraction of sp³-hybridized carbons (Fsp3) is 0.529. The topological polar surface area (TPSA) is 73.5 Å². The van der Waals surface area contributed by atoms with Gasteiger partial charge in [-0.1, -0.05) is 6.07 Å². The van der Waals surface area contributed by atoms with Crippen molar-refractivity contribution < 1.29 is 9.59 Å². The van der Waals surface area contributed by atoms with Crippen molar-refractivity contribution in [3.63, 3.8) is 0 Å². The summed E-state index contributed by atoms with van der Waals surface area (Å²) in [6.45, 7) is 5.31. The van der Waals surface area contributed by atoms with Gasteiger partial charge in [0, 0.05) is 36.4 Å². The minimum Gasteiger partial charge on any atom is -0.339 e.